The topological polar surface area (TPSA) is 57.9 Å². The SMILES string of the molecule is COC(=O)CC1COC(Cc2ccco2)O1. The molecule has 0 amide bonds. The second-order valence-corrected chi connectivity index (χ2v) is 3.58. The van der Waals surface area contributed by atoms with Crippen molar-refractivity contribution in [3.8, 4) is 0 Å². The number of esters is 1. The van der Waals surface area contributed by atoms with Gasteiger partial charge in [0.1, 0.15) is 5.76 Å². The first kappa shape index (κ1) is 11.2. The van der Waals surface area contributed by atoms with Gasteiger partial charge in [0.05, 0.1) is 38.9 Å². The van der Waals surface area contributed by atoms with Crippen LogP contribution in [0.4, 0.5) is 0 Å². The van der Waals surface area contributed by atoms with Gasteiger partial charge in [0, 0.05) is 0 Å². The molecule has 0 aliphatic carbocycles. The minimum atomic E-state index is -0.333. The molecule has 0 aromatic carbocycles. The number of methoxy groups -OCH3 is 1. The highest BCUT2D eigenvalue weighted by Crippen LogP contribution is 2.18. The lowest BCUT2D eigenvalue weighted by Gasteiger charge is -2.09. The molecule has 1 aliphatic rings. The molecule has 1 aromatic heterocycles. The summed E-state index contributed by atoms with van der Waals surface area (Å²) in [6.07, 6.45) is 1.85. The lowest BCUT2D eigenvalue weighted by atomic mass is 10.3. The van der Waals surface area contributed by atoms with Crippen LogP contribution in [0.5, 0.6) is 0 Å². The fraction of sp³-hybridized carbons (Fsp3) is 0.545. The molecule has 16 heavy (non-hydrogen) atoms. The maximum absolute atomic E-state index is 11.0. The van der Waals surface area contributed by atoms with Crippen molar-refractivity contribution < 1.29 is 23.4 Å². The maximum Gasteiger partial charge on any atom is 0.308 e. The highest BCUT2D eigenvalue weighted by atomic mass is 16.7. The van der Waals surface area contributed by atoms with Crippen LogP contribution in [0, 0.1) is 0 Å². The van der Waals surface area contributed by atoms with E-state index in [1.165, 1.54) is 7.11 Å². The molecule has 88 valence electrons. The Bertz CT molecular complexity index is 332. The fourth-order valence-electron chi connectivity index (χ4n) is 1.58. The third-order valence-electron chi connectivity index (χ3n) is 2.38. The van der Waals surface area contributed by atoms with E-state index in [1.807, 2.05) is 12.1 Å². The summed E-state index contributed by atoms with van der Waals surface area (Å²) in [6.45, 7) is 0.417. The third kappa shape index (κ3) is 2.84. The average Bonchev–Trinajstić information content (AvgIpc) is 2.91. The number of rotatable bonds is 4. The Kier molecular flexibility index (Phi) is 3.58. The van der Waals surface area contributed by atoms with Crippen molar-refractivity contribution in [3.63, 3.8) is 0 Å². The van der Waals surface area contributed by atoms with Gasteiger partial charge in [-0.3, -0.25) is 4.79 Å². The molecule has 2 heterocycles. The predicted octanol–water partition coefficient (Wildman–Crippen LogP) is 1.13. The summed E-state index contributed by atoms with van der Waals surface area (Å²) in [6, 6.07) is 3.68. The van der Waals surface area contributed by atoms with Crippen molar-refractivity contribution in [1.29, 1.82) is 0 Å². The van der Waals surface area contributed by atoms with Crippen LogP contribution in [0.15, 0.2) is 22.8 Å². The predicted molar refractivity (Wildman–Crippen MR) is 53.7 cm³/mol. The standard InChI is InChI=1S/C11H14O5/c1-13-10(12)5-9-7-15-11(16-9)6-8-3-2-4-14-8/h2-4,9,11H,5-7H2,1H3. The first-order valence-electron chi connectivity index (χ1n) is 5.14. The number of carbonyl (C=O) groups is 1. The molecule has 1 saturated heterocycles. The van der Waals surface area contributed by atoms with E-state index in [-0.39, 0.29) is 24.8 Å². The van der Waals surface area contributed by atoms with Crippen molar-refractivity contribution in [3.05, 3.63) is 24.2 Å². The van der Waals surface area contributed by atoms with Gasteiger partial charge in [0.15, 0.2) is 6.29 Å². The Morgan fingerprint density at radius 2 is 2.50 bits per heavy atom. The van der Waals surface area contributed by atoms with E-state index in [9.17, 15) is 4.79 Å². The second kappa shape index (κ2) is 5.14. The summed E-state index contributed by atoms with van der Waals surface area (Å²) < 4.78 is 20.7. The normalized spacial score (nSPS) is 24.6. The van der Waals surface area contributed by atoms with Crippen molar-refractivity contribution in [2.24, 2.45) is 0 Å². The van der Waals surface area contributed by atoms with Crippen molar-refractivity contribution in [2.45, 2.75) is 25.2 Å². The smallest absolute Gasteiger partial charge is 0.308 e. The van der Waals surface area contributed by atoms with E-state index >= 15 is 0 Å². The zero-order valence-electron chi connectivity index (χ0n) is 9.05. The van der Waals surface area contributed by atoms with Crippen molar-refractivity contribution in [2.75, 3.05) is 13.7 Å². The molecular formula is C11H14O5. The Morgan fingerprint density at radius 1 is 1.62 bits per heavy atom. The molecular weight excluding hydrogens is 212 g/mol. The van der Waals surface area contributed by atoms with Crippen LogP contribution in [-0.2, 0) is 25.4 Å². The molecule has 0 bridgehead atoms. The van der Waals surface area contributed by atoms with Gasteiger partial charge in [-0.15, -0.1) is 0 Å². The van der Waals surface area contributed by atoms with Gasteiger partial charge in [-0.1, -0.05) is 0 Å². The number of furan rings is 1. The zero-order valence-corrected chi connectivity index (χ0v) is 9.05. The number of ether oxygens (including phenoxy) is 3. The van der Waals surface area contributed by atoms with Crippen LogP contribution in [-0.4, -0.2) is 32.1 Å². The van der Waals surface area contributed by atoms with Crippen molar-refractivity contribution in [1.82, 2.24) is 0 Å². The fourth-order valence-corrected chi connectivity index (χ4v) is 1.58. The number of carbonyl (C=O) groups excluding carboxylic acids is 1. The monoisotopic (exact) mass is 226 g/mol. The minimum Gasteiger partial charge on any atom is -0.469 e. The van der Waals surface area contributed by atoms with Gasteiger partial charge >= 0.3 is 5.97 Å². The van der Waals surface area contributed by atoms with E-state index in [2.05, 4.69) is 4.74 Å². The molecule has 2 unspecified atom stereocenters. The van der Waals surface area contributed by atoms with Gasteiger partial charge in [0.25, 0.3) is 0 Å². The van der Waals surface area contributed by atoms with Crippen LogP contribution in [0.25, 0.3) is 0 Å². The highest BCUT2D eigenvalue weighted by Gasteiger charge is 2.28. The van der Waals surface area contributed by atoms with Gasteiger partial charge in [-0.25, -0.2) is 0 Å². The Hall–Kier alpha value is -1.33. The van der Waals surface area contributed by atoms with Gasteiger partial charge in [-0.05, 0) is 12.1 Å². The highest BCUT2D eigenvalue weighted by molar-refractivity contribution is 5.69. The molecule has 0 N–H and O–H groups in total. The van der Waals surface area contributed by atoms with E-state index in [0.717, 1.165) is 5.76 Å². The number of hydrogen-bond acceptors (Lipinski definition) is 5. The zero-order chi connectivity index (χ0) is 11.4. The third-order valence-corrected chi connectivity index (χ3v) is 2.38. The van der Waals surface area contributed by atoms with Crippen LogP contribution < -0.4 is 0 Å². The van der Waals surface area contributed by atoms with Crippen molar-refractivity contribution >= 4 is 5.97 Å². The molecule has 1 fully saturated rings. The summed E-state index contributed by atoms with van der Waals surface area (Å²) in [5, 5.41) is 0. The maximum atomic E-state index is 11.0. The summed E-state index contributed by atoms with van der Waals surface area (Å²) in [7, 11) is 1.36. The molecule has 1 aromatic rings. The van der Waals surface area contributed by atoms with Crippen LogP contribution >= 0.6 is 0 Å². The molecule has 2 atom stereocenters. The summed E-state index contributed by atoms with van der Waals surface area (Å²) in [5.74, 6) is 0.524. The minimum absolute atomic E-state index is 0.215. The van der Waals surface area contributed by atoms with Gasteiger partial charge in [0.2, 0.25) is 0 Å². The number of hydrogen-bond donors (Lipinski definition) is 0. The van der Waals surface area contributed by atoms with E-state index in [1.54, 1.807) is 6.26 Å². The average molecular weight is 226 g/mol. The molecule has 1 aliphatic heterocycles. The van der Waals surface area contributed by atoms with E-state index < -0.39 is 0 Å². The van der Waals surface area contributed by atoms with E-state index in [0.29, 0.717) is 13.0 Å². The van der Waals surface area contributed by atoms with Gasteiger partial charge < -0.3 is 18.6 Å². The molecule has 0 spiro atoms. The summed E-state index contributed by atoms with van der Waals surface area (Å²) in [5.41, 5.74) is 0. The molecule has 5 nitrogen and oxygen atoms in total. The first-order chi connectivity index (χ1) is 7.78. The Labute approximate surface area is 93.3 Å². The lowest BCUT2D eigenvalue weighted by Crippen LogP contribution is -2.18. The van der Waals surface area contributed by atoms with Crippen LogP contribution in [0.3, 0.4) is 0 Å². The summed E-state index contributed by atoms with van der Waals surface area (Å²) >= 11 is 0. The molecule has 5 heteroatoms. The summed E-state index contributed by atoms with van der Waals surface area (Å²) in [4.78, 5) is 11.0. The van der Waals surface area contributed by atoms with Crippen LogP contribution in [0.2, 0.25) is 0 Å². The molecule has 2 rings (SSSR count). The Balaban J connectivity index is 1.77. The second-order valence-electron chi connectivity index (χ2n) is 3.58. The van der Waals surface area contributed by atoms with E-state index in [4.69, 9.17) is 13.9 Å². The quantitative estimate of drug-likeness (QED) is 0.720. The molecule has 0 saturated carbocycles. The first-order valence-corrected chi connectivity index (χ1v) is 5.14. The lowest BCUT2D eigenvalue weighted by molar-refractivity contribution is -0.143. The largest absolute Gasteiger partial charge is 0.469 e. The molecule has 0 radical (unpaired) electrons. The Morgan fingerprint density at radius 3 is 3.19 bits per heavy atom. The van der Waals surface area contributed by atoms with Gasteiger partial charge in [-0.2, -0.15) is 0 Å². The van der Waals surface area contributed by atoms with Crippen LogP contribution in [0.1, 0.15) is 12.2 Å².